The van der Waals surface area contributed by atoms with Crippen molar-refractivity contribution >= 4 is 27.2 Å². The third kappa shape index (κ3) is 4.54. The van der Waals surface area contributed by atoms with Gasteiger partial charge < -0.3 is 5.73 Å². The Morgan fingerprint density at radius 1 is 1.30 bits per heavy atom. The van der Waals surface area contributed by atoms with Crippen LogP contribution in [-0.2, 0) is 6.42 Å². The fraction of sp³-hybridized carbons (Fsp3) is 0.500. The van der Waals surface area contributed by atoms with Crippen LogP contribution in [0.5, 0.6) is 0 Å². The minimum Gasteiger partial charge on any atom is -0.330 e. The predicted octanol–water partition coefficient (Wildman–Crippen LogP) is 3.90. The van der Waals surface area contributed by atoms with Crippen LogP contribution in [0.3, 0.4) is 0 Å². The van der Waals surface area contributed by atoms with Crippen molar-refractivity contribution in [2.24, 2.45) is 5.73 Å². The molecule has 0 bridgehead atoms. The zero-order valence-corrected chi connectivity index (χ0v) is 12.8. The molecule has 0 spiro atoms. The highest BCUT2D eigenvalue weighted by atomic mass is 32.1. The van der Waals surface area contributed by atoms with E-state index >= 15 is 0 Å². The molecule has 0 unspecified atom stereocenters. The molecule has 20 heavy (non-hydrogen) atoms. The van der Waals surface area contributed by atoms with Crippen LogP contribution < -0.4 is 5.73 Å². The van der Waals surface area contributed by atoms with Gasteiger partial charge in [0.25, 0.3) is 5.69 Å². The lowest BCUT2D eigenvalue weighted by molar-refractivity contribution is -0.384. The summed E-state index contributed by atoms with van der Waals surface area (Å²) in [6, 6.07) is 4.81. The van der Waals surface area contributed by atoms with E-state index in [9.17, 15) is 10.1 Å². The number of hydrogen-bond acceptors (Lipinski definition) is 5. The highest BCUT2D eigenvalue weighted by molar-refractivity contribution is 7.18. The van der Waals surface area contributed by atoms with Gasteiger partial charge in [-0.3, -0.25) is 10.1 Å². The minimum absolute atomic E-state index is 0.126. The molecule has 5 nitrogen and oxygen atoms in total. The highest BCUT2D eigenvalue weighted by Crippen LogP contribution is 2.27. The summed E-state index contributed by atoms with van der Waals surface area (Å²) in [5.41, 5.74) is 6.41. The topological polar surface area (TPSA) is 82.0 Å². The quantitative estimate of drug-likeness (QED) is 0.497. The second-order valence-corrected chi connectivity index (χ2v) is 5.23. The van der Waals surface area contributed by atoms with Crippen molar-refractivity contribution in [1.29, 1.82) is 0 Å². The molecule has 0 saturated carbocycles. The van der Waals surface area contributed by atoms with Crippen molar-refractivity contribution in [3.05, 3.63) is 33.3 Å². The summed E-state index contributed by atoms with van der Waals surface area (Å²) < 4.78 is 0.887. The Kier molecular flexibility index (Phi) is 7.11. The zero-order chi connectivity index (χ0) is 15.0. The number of unbranched alkanes of at least 4 members (excludes halogenated alkanes) is 2. The van der Waals surface area contributed by atoms with Gasteiger partial charge in [-0.2, -0.15) is 0 Å². The molecule has 0 aliphatic rings. The van der Waals surface area contributed by atoms with Crippen LogP contribution >= 0.6 is 11.3 Å². The first-order valence-electron chi connectivity index (χ1n) is 6.94. The van der Waals surface area contributed by atoms with Crippen LogP contribution in [0, 0.1) is 10.1 Å². The number of nitro benzene ring substituents is 1. The van der Waals surface area contributed by atoms with Crippen molar-refractivity contribution < 1.29 is 4.92 Å². The molecule has 2 rings (SSSR count). The average Bonchev–Trinajstić information content (AvgIpc) is 2.87. The van der Waals surface area contributed by atoms with Crippen LogP contribution in [0.2, 0.25) is 0 Å². The Hall–Kier alpha value is -1.53. The van der Waals surface area contributed by atoms with Gasteiger partial charge in [-0.15, -0.1) is 11.3 Å². The van der Waals surface area contributed by atoms with Crippen LogP contribution in [0.15, 0.2) is 18.2 Å². The van der Waals surface area contributed by atoms with Crippen molar-refractivity contribution in [2.45, 2.75) is 39.5 Å². The number of aryl methyl sites for hydroxylation is 1. The lowest BCUT2D eigenvalue weighted by Crippen LogP contribution is -1.98. The molecule has 0 radical (unpaired) electrons. The van der Waals surface area contributed by atoms with Crippen molar-refractivity contribution in [1.82, 2.24) is 4.98 Å². The van der Waals surface area contributed by atoms with E-state index < -0.39 is 0 Å². The summed E-state index contributed by atoms with van der Waals surface area (Å²) in [5, 5.41) is 11.7. The minimum atomic E-state index is -0.375. The van der Waals surface area contributed by atoms with Crippen molar-refractivity contribution in [2.75, 3.05) is 6.54 Å². The third-order valence-electron chi connectivity index (χ3n) is 2.72. The molecular weight excluding hydrogens is 274 g/mol. The Balaban J connectivity index is 0.000000956. The Bertz CT molecular complexity index is 554. The number of nitro groups is 1. The number of non-ortho nitro benzene ring substituents is 1. The number of nitrogens with zero attached hydrogens (tertiary/aromatic N) is 2. The smallest absolute Gasteiger partial charge is 0.270 e. The highest BCUT2D eigenvalue weighted by Gasteiger charge is 2.09. The van der Waals surface area contributed by atoms with Crippen molar-refractivity contribution in [3.8, 4) is 0 Å². The number of nitrogens with two attached hydrogens (primary N) is 1. The maximum atomic E-state index is 10.7. The van der Waals surface area contributed by atoms with Crippen molar-refractivity contribution in [3.63, 3.8) is 0 Å². The SMILES string of the molecule is CC.NCCCCCc1nc2ccc([N+](=O)[O-])cc2s1. The number of benzene rings is 1. The van der Waals surface area contributed by atoms with Gasteiger partial charge in [-0.1, -0.05) is 20.3 Å². The molecule has 0 aliphatic carbocycles. The van der Waals surface area contributed by atoms with E-state index in [2.05, 4.69) is 4.98 Å². The molecular formula is C14H21N3O2S. The summed E-state index contributed by atoms with van der Waals surface area (Å²) in [7, 11) is 0. The number of rotatable bonds is 6. The number of thiazole rings is 1. The summed E-state index contributed by atoms with van der Waals surface area (Å²) in [6.07, 6.45) is 4.13. The largest absolute Gasteiger partial charge is 0.330 e. The van der Waals surface area contributed by atoms with Gasteiger partial charge in [0, 0.05) is 12.1 Å². The van der Waals surface area contributed by atoms with E-state index in [1.165, 1.54) is 6.07 Å². The second kappa shape index (κ2) is 8.60. The molecule has 0 amide bonds. The first-order chi connectivity index (χ1) is 9.70. The van der Waals surface area contributed by atoms with Gasteiger partial charge in [0.05, 0.1) is 20.1 Å². The lowest BCUT2D eigenvalue weighted by atomic mass is 10.2. The Morgan fingerprint density at radius 2 is 2.05 bits per heavy atom. The summed E-state index contributed by atoms with van der Waals surface area (Å²) >= 11 is 1.54. The first kappa shape index (κ1) is 16.5. The second-order valence-electron chi connectivity index (χ2n) is 4.12. The van der Waals surface area contributed by atoms with Gasteiger partial charge in [-0.05, 0) is 31.9 Å². The molecule has 1 heterocycles. The predicted molar refractivity (Wildman–Crippen MR) is 84.2 cm³/mol. The number of hydrogen-bond donors (Lipinski definition) is 1. The molecule has 1 aromatic heterocycles. The van der Waals surface area contributed by atoms with Gasteiger partial charge in [0.1, 0.15) is 0 Å². The Morgan fingerprint density at radius 3 is 2.70 bits per heavy atom. The van der Waals surface area contributed by atoms with E-state index in [0.29, 0.717) is 0 Å². The van der Waals surface area contributed by atoms with Gasteiger partial charge in [-0.25, -0.2) is 4.98 Å². The molecule has 2 aromatic rings. The van der Waals surface area contributed by atoms with E-state index in [1.54, 1.807) is 23.5 Å². The summed E-state index contributed by atoms with van der Waals surface area (Å²) in [6.45, 7) is 4.73. The maximum Gasteiger partial charge on any atom is 0.270 e. The number of fused-ring (bicyclic) bond motifs is 1. The molecule has 2 N–H and O–H groups in total. The average molecular weight is 295 g/mol. The monoisotopic (exact) mass is 295 g/mol. The van der Waals surface area contributed by atoms with Crippen LogP contribution in [-0.4, -0.2) is 16.5 Å². The molecule has 110 valence electrons. The third-order valence-corrected chi connectivity index (χ3v) is 3.80. The molecule has 0 atom stereocenters. The van der Waals surface area contributed by atoms with Gasteiger partial charge >= 0.3 is 0 Å². The van der Waals surface area contributed by atoms with E-state index in [0.717, 1.165) is 47.5 Å². The molecule has 0 saturated heterocycles. The zero-order valence-electron chi connectivity index (χ0n) is 12.0. The van der Waals surface area contributed by atoms with Crippen LogP contribution in [0.25, 0.3) is 10.2 Å². The molecule has 1 aromatic carbocycles. The van der Waals surface area contributed by atoms with Crippen LogP contribution in [0.4, 0.5) is 5.69 Å². The molecule has 0 fully saturated rings. The fourth-order valence-corrected chi connectivity index (χ4v) is 2.82. The normalized spacial score (nSPS) is 10.2. The standard InChI is InChI=1S/C12H15N3O2S.C2H6/c13-7-3-1-2-4-12-14-10-6-5-9(15(16)17)8-11(10)18-12;1-2/h5-6,8H,1-4,7,13H2;1-2H3. The van der Waals surface area contributed by atoms with E-state index in [4.69, 9.17) is 5.73 Å². The van der Waals surface area contributed by atoms with Crippen LogP contribution in [0.1, 0.15) is 38.1 Å². The summed E-state index contributed by atoms with van der Waals surface area (Å²) in [4.78, 5) is 14.8. The first-order valence-corrected chi connectivity index (χ1v) is 7.76. The molecule has 0 aliphatic heterocycles. The lowest BCUT2D eigenvalue weighted by Gasteiger charge is -1.95. The van der Waals surface area contributed by atoms with E-state index in [-0.39, 0.29) is 10.6 Å². The maximum absolute atomic E-state index is 10.7. The van der Waals surface area contributed by atoms with Gasteiger partial charge in [0.2, 0.25) is 0 Å². The number of aromatic nitrogens is 1. The van der Waals surface area contributed by atoms with Gasteiger partial charge in [0.15, 0.2) is 0 Å². The Labute approximate surface area is 123 Å². The summed E-state index contributed by atoms with van der Waals surface area (Å²) in [5.74, 6) is 0. The van der Waals surface area contributed by atoms with E-state index in [1.807, 2.05) is 13.8 Å². The molecule has 6 heteroatoms. The fourth-order valence-electron chi connectivity index (χ4n) is 1.78.